The van der Waals surface area contributed by atoms with Crippen molar-refractivity contribution >= 4 is 91.1 Å². The number of carboxylic acid groups (broad SMARTS) is 3. The van der Waals surface area contributed by atoms with E-state index in [9.17, 15) is 53.4 Å². The predicted molar refractivity (Wildman–Crippen MR) is 324 cm³/mol. The molecular formula is C56H97N4O20PS2. The third-order valence-corrected chi connectivity index (χ3v) is 14.9. The minimum absolute atomic E-state index is 0. The maximum absolute atomic E-state index is 12.5. The Hall–Kier alpha value is -4.47. The molecule has 0 aliphatic heterocycles. The molecule has 24 nitrogen and oxygen atoms in total. The molecule has 27 heteroatoms. The normalized spacial score (nSPS) is 12.4. The van der Waals surface area contributed by atoms with E-state index in [1.165, 1.54) is 30.8 Å². The first kappa shape index (κ1) is 82.7. The second kappa shape index (κ2) is 55.4. The number of aromatic carboxylic acids is 1. The molecule has 12 N–H and O–H groups in total. The molecule has 0 saturated carbocycles. The van der Waals surface area contributed by atoms with E-state index in [1.54, 1.807) is 30.8 Å². The number of aliphatic imine (C=N–C) groups is 1. The molecule has 478 valence electrons. The van der Waals surface area contributed by atoms with Gasteiger partial charge in [0.2, 0.25) is 11.8 Å². The highest BCUT2D eigenvalue weighted by Crippen LogP contribution is 2.20. The number of hydrogen-bond acceptors (Lipinski definition) is 19. The highest BCUT2D eigenvalue weighted by Gasteiger charge is 2.25. The minimum Gasteiger partial charge on any atom is -0.494 e. The monoisotopic (exact) mass is 1240 g/mol. The quantitative estimate of drug-likeness (QED) is 0.0273. The molecular weight excluding hydrogens is 1140 g/mol. The molecule has 1 rings (SSSR count). The molecule has 2 amide bonds. The molecule has 83 heavy (non-hydrogen) atoms. The number of benzene rings is 1. The van der Waals surface area contributed by atoms with Crippen LogP contribution in [0.15, 0.2) is 29.3 Å². The Bertz CT molecular complexity index is 1990. The summed E-state index contributed by atoms with van der Waals surface area (Å²) >= 11 is 3.09. The lowest BCUT2D eigenvalue weighted by atomic mass is 9.94. The minimum atomic E-state index is -1.20. The van der Waals surface area contributed by atoms with Crippen molar-refractivity contribution in [2.45, 2.75) is 142 Å². The van der Waals surface area contributed by atoms with Crippen LogP contribution in [0.5, 0.6) is 5.75 Å². The fourth-order valence-electron chi connectivity index (χ4n) is 7.01. The van der Waals surface area contributed by atoms with Gasteiger partial charge in [-0.05, 0) is 95.2 Å². The number of thioether (sulfide) groups is 2. The van der Waals surface area contributed by atoms with Gasteiger partial charge in [0, 0.05) is 68.3 Å². The number of aliphatic hydroxyl groups excluding tert-OH is 1. The van der Waals surface area contributed by atoms with Gasteiger partial charge >= 0.3 is 17.9 Å². The van der Waals surface area contributed by atoms with Crippen LogP contribution >= 0.6 is 32.8 Å². The summed E-state index contributed by atoms with van der Waals surface area (Å²) < 4.78 is 27.2. The predicted octanol–water partition coefficient (Wildman–Crippen LogP) is 4.20. The van der Waals surface area contributed by atoms with Crippen LogP contribution in [0.1, 0.15) is 140 Å². The van der Waals surface area contributed by atoms with Crippen LogP contribution in [-0.2, 0) is 57.3 Å². The Morgan fingerprint density at radius 3 is 1.83 bits per heavy atom. The molecule has 0 saturated heterocycles. The number of aliphatic hydroxyl groups is 1. The maximum Gasteiger partial charge on any atom is 0.335 e. The highest BCUT2D eigenvalue weighted by molar-refractivity contribution is 8.00. The lowest BCUT2D eigenvalue weighted by Gasteiger charge is -2.16. The molecule has 0 aliphatic rings. The number of ether oxygens (including phenoxy) is 5. The third kappa shape index (κ3) is 49.5. The first-order valence-electron chi connectivity index (χ1n) is 28.0. The summed E-state index contributed by atoms with van der Waals surface area (Å²) in [4.78, 5) is 109. The van der Waals surface area contributed by atoms with Crippen molar-refractivity contribution in [1.29, 1.82) is 0 Å². The van der Waals surface area contributed by atoms with Crippen molar-refractivity contribution in [3.63, 3.8) is 0 Å². The molecule has 0 bridgehead atoms. The van der Waals surface area contributed by atoms with Gasteiger partial charge in [0.25, 0.3) is 0 Å². The number of aliphatic carboxylic acids is 2. The van der Waals surface area contributed by atoms with E-state index in [0.29, 0.717) is 87.7 Å². The number of nitrogens with zero attached hydrogens (tertiary/aromatic N) is 1. The highest BCUT2D eigenvalue weighted by atomic mass is 32.2. The van der Waals surface area contributed by atoms with Crippen LogP contribution in [0, 0.1) is 11.8 Å². The van der Waals surface area contributed by atoms with E-state index in [2.05, 4.69) is 24.9 Å². The summed E-state index contributed by atoms with van der Waals surface area (Å²) in [7, 11) is 2.55. The molecule has 0 spiro atoms. The number of nitrogens with one attached hydrogen (secondary N) is 2. The zero-order valence-electron chi connectivity index (χ0n) is 48.9. The number of amides is 2. The topological polar surface area (TPSA) is 406 Å². The van der Waals surface area contributed by atoms with E-state index < -0.39 is 42.4 Å². The van der Waals surface area contributed by atoms with E-state index in [0.717, 1.165) is 62.6 Å². The van der Waals surface area contributed by atoms with Gasteiger partial charge in [-0.1, -0.05) is 48.3 Å². The molecule has 0 aliphatic carbocycles. The number of Topliss-reactive ketones (excluding diaryl/α,β-unsaturated/α-hetero) is 4. The van der Waals surface area contributed by atoms with Gasteiger partial charge in [-0.2, -0.15) is 23.5 Å². The average Bonchev–Trinajstić information content (AvgIpc) is 3.42. The maximum atomic E-state index is 12.5. The van der Waals surface area contributed by atoms with Gasteiger partial charge in [-0.25, -0.2) is 9.59 Å². The van der Waals surface area contributed by atoms with Crippen LogP contribution in [-0.4, -0.2) is 204 Å². The van der Waals surface area contributed by atoms with Crippen LogP contribution in [0.25, 0.3) is 0 Å². The zero-order chi connectivity index (χ0) is 60.5. The second-order valence-electron chi connectivity index (χ2n) is 19.2. The Morgan fingerprint density at radius 2 is 1.24 bits per heavy atom. The molecule has 1 unspecified atom stereocenters. The van der Waals surface area contributed by atoms with Gasteiger partial charge in [0.15, 0.2) is 0 Å². The Labute approximate surface area is 500 Å². The first-order chi connectivity index (χ1) is 38.8. The molecule has 0 radical (unpaired) electrons. The standard InChI is InChI=1S/C52H84N3O17PS2.C4H9NO.2H2O/c1-2-39(46(59)32-41(33-56)51(64)65)36-75-38-49(73)54-22-10-9-17-45(52(66)67)55-48(61)35-71-30-28-69-26-23-53-47(60)34-70-29-27-68-24-12-15-42(57)16-13-31-74-37-43(58)14-8-6-4-3-5-7-11-25-72-44-20-18-40(19-21-44)50(62)63;1-3(5)4(2)6;;/h18-21,39,41,45,56H,2-17,22-38,73H2,1H3,(H,53,60)(H,55,61)(H,62,63)(H,64,65)(H,66,67);3H,5H2,1-2H3;2*1H2/t39-,41-,45+;3-;;/m00../s1. The van der Waals surface area contributed by atoms with Crippen molar-refractivity contribution in [2.24, 2.45) is 22.6 Å². The lowest BCUT2D eigenvalue weighted by molar-refractivity contribution is -0.145. The summed E-state index contributed by atoms with van der Waals surface area (Å²) in [6, 6.07) is 5.04. The first-order valence-corrected chi connectivity index (χ1v) is 30.9. The van der Waals surface area contributed by atoms with E-state index in [-0.39, 0.29) is 123 Å². The third-order valence-electron chi connectivity index (χ3n) is 12.0. The van der Waals surface area contributed by atoms with Crippen molar-refractivity contribution in [2.75, 3.05) is 102 Å². The van der Waals surface area contributed by atoms with Gasteiger partial charge in [0.05, 0.1) is 69.5 Å². The number of nitrogens with two attached hydrogens (primary N) is 1. The van der Waals surface area contributed by atoms with Crippen molar-refractivity contribution in [1.82, 2.24) is 10.6 Å². The van der Waals surface area contributed by atoms with E-state index in [1.807, 2.05) is 6.92 Å². The van der Waals surface area contributed by atoms with E-state index >= 15 is 0 Å². The number of carbonyl (C=O) groups is 9. The molecule has 0 heterocycles. The fourth-order valence-corrected chi connectivity index (χ4v) is 9.48. The van der Waals surface area contributed by atoms with Crippen LogP contribution in [0.2, 0.25) is 0 Å². The summed E-state index contributed by atoms with van der Waals surface area (Å²) in [5.41, 5.74) is 6.10. The van der Waals surface area contributed by atoms with Gasteiger partial charge in [-0.15, -0.1) is 0 Å². The number of rotatable bonds is 53. The molecule has 1 aromatic rings. The Balaban J connectivity index is -0.00000755. The number of carboxylic acids is 3. The molecule has 0 aromatic heterocycles. The number of unbranched alkanes of at least 4 members (excludes halogenated alkanes) is 7. The Kier molecular flexibility index (Phi) is 55.2. The van der Waals surface area contributed by atoms with Crippen LogP contribution in [0.4, 0.5) is 0 Å². The number of carbonyl (C=O) groups excluding carboxylic acids is 6. The summed E-state index contributed by atoms with van der Waals surface area (Å²) in [6.45, 7) is 6.57. The van der Waals surface area contributed by atoms with Gasteiger partial charge in [-0.3, -0.25) is 38.6 Å². The molecule has 5 atom stereocenters. The van der Waals surface area contributed by atoms with Crippen molar-refractivity contribution < 1.29 is 98.2 Å². The van der Waals surface area contributed by atoms with Crippen molar-refractivity contribution in [3.8, 4) is 5.75 Å². The Morgan fingerprint density at radius 1 is 0.663 bits per heavy atom. The second-order valence-corrected chi connectivity index (χ2v) is 22.0. The van der Waals surface area contributed by atoms with Gasteiger partial charge in [0.1, 0.15) is 48.1 Å². The van der Waals surface area contributed by atoms with Crippen molar-refractivity contribution in [3.05, 3.63) is 29.8 Å². The average molecular weight is 1240 g/mol. The lowest BCUT2D eigenvalue weighted by Crippen LogP contribution is -2.42. The zero-order valence-corrected chi connectivity index (χ0v) is 51.7. The summed E-state index contributed by atoms with van der Waals surface area (Å²) in [5, 5.41) is 41.9. The smallest absolute Gasteiger partial charge is 0.335 e. The summed E-state index contributed by atoms with van der Waals surface area (Å²) in [6.07, 6.45) is 11.8. The molecule has 0 fully saturated rings. The van der Waals surface area contributed by atoms with E-state index in [4.69, 9.17) is 39.6 Å². The van der Waals surface area contributed by atoms with Crippen LogP contribution < -0.4 is 21.1 Å². The molecule has 1 aromatic carbocycles. The van der Waals surface area contributed by atoms with Crippen LogP contribution in [0.3, 0.4) is 0 Å². The SMILES string of the molecule is CC(=O)[C@H](C)N.CC[C@@H](CSCC(P)=NCCCC[C@@H](NC(=O)COCCOCCNC(=O)COCCOCCCC(=O)CCCSCC(=O)CCCCCCCCCOc1ccc(C(=O)O)cc1)C(=O)O)C(=O)C[C@@H](CO)C(=O)O.O.O. The largest absolute Gasteiger partial charge is 0.494 e. The number of ketones is 4. The fraction of sp³-hybridized carbons (Fsp3) is 0.714. The number of hydrogen-bond donors (Lipinski definition) is 7. The van der Waals surface area contributed by atoms with Gasteiger partial charge < -0.3 is 71.4 Å². The summed E-state index contributed by atoms with van der Waals surface area (Å²) in [5.74, 6) is -2.37.